The van der Waals surface area contributed by atoms with Crippen molar-refractivity contribution in [3.63, 3.8) is 0 Å². The molecule has 2 aliphatic rings. The summed E-state index contributed by atoms with van der Waals surface area (Å²) in [4.78, 5) is 27.7. The number of anilines is 1. The monoisotopic (exact) mass is 332 g/mol. The minimum absolute atomic E-state index is 0.0708. The SMILES string of the molecule is CCN1CCC2CCC(C1)N2C(=O)Nc1ccc([N+](=O)[O-])c(C)c1. The maximum Gasteiger partial charge on any atom is 0.322 e. The van der Waals surface area contributed by atoms with E-state index in [9.17, 15) is 14.9 Å². The largest absolute Gasteiger partial charge is 0.322 e. The molecule has 0 radical (unpaired) electrons. The predicted molar refractivity (Wildman–Crippen MR) is 92.2 cm³/mol. The lowest BCUT2D eigenvalue weighted by Crippen LogP contribution is -2.45. The number of fused-ring (bicyclic) bond motifs is 2. The number of nitrogens with one attached hydrogen (secondary N) is 1. The molecule has 130 valence electrons. The van der Waals surface area contributed by atoms with Crippen molar-refractivity contribution in [1.29, 1.82) is 0 Å². The number of carbonyl (C=O) groups is 1. The Labute approximate surface area is 141 Å². The van der Waals surface area contributed by atoms with E-state index in [1.165, 1.54) is 6.07 Å². The lowest BCUT2D eigenvalue weighted by atomic mass is 10.1. The van der Waals surface area contributed by atoms with E-state index in [0.717, 1.165) is 38.9 Å². The first-order chi connectivity index (χ1) is 11.5. The van der Waals surface area contributed by atoms with Gasteiger partial charge >= 0.3 is 6.03 Å². The lowest BCUT2D eigenvalue weighted by molar-refractivity contribution is -0.385. The van der Waals surface area contributed by atoms with Crippen LogP contribution in [0, 0.1) is 17.0 Å². The average Bonchev–Trinajstić information content (AvgIpc) is 2.82. The molecule has 2 atom stereocenters. The van der Waals surface area contributed by atoms with Gasteiger partial charge in [-0.05, 0) is 44.9 Å². The number of aryl methyl sites for hydroxylation is 1. The van der Waals surface area contributed by atoms with Gasteiger partial charge in [-0.2, -0.15) is 0 Å². The molecule has 2 heterocycles. The van der Waals surface area contributed by atoms with Gasteiger partial charge in [-0.1, -0.05) is 6.92 Å². The number of rotatable bonds is 3. The summed E-state index contributed by atoms with van der Waals surface area (Å²) in [7, 11) is 0. The number of hydrogen-bond donors (Lipinski definition) is 1. The van der Waals surface area contributed by atoms with Crippen molar-refractivity contribution >= 4 is 17.4 Å². The van der Waals surface area contributed by atoms with Crippen LogP contribution in [0.15, 0.2) is 18.2 Å². The Morgan fingerprint density at radius 2 is 2.08 bits per heavy atom. The van der Waals surface area contributed by atoms with E-state index in [0.29, 0.717) is 17.3 Å². The Kier molecular flexibility index (Phi) is 4.71. The molecule has 0 saturated carbocycles. The van der Waals surface area contributed by atoms with E-state index in [1.807, 2.05) is 4.90 Å². The van der Waals surface area contributed by atoms with E-state index in [-0.39, 0.29) is 17.8 Å². The molecule has 2 fully saturated rings. The summed E-state index contributed by atoms with van der Waals surface area (Å²) in [5.74, 6) is 0. The van der Waals surface area contributed by atoms with Gasteiger partial charge in [0.05, 0.1) is 4.92 Å². The van der Waals surface area contributed by atoms with Crippen molar-refractivity contribution in [1.82, 2.24) is 9.80 Å². The molecule has 24 heavy (non-hydrogen) atoms. The first kappa shape index (κ1) is 16.7. The molecule has 2 unspecified atom stereocenters. The highest BCUT2D eigenvalue weighted by Gasteiger charge is 2.39. The summed E-state index contributed by atoms with van der Waals surface area (Å²) in [6.45, 7) is 6.82. The molecule has 7 heteroatoms. The molecule has 0 spiro atoms. The van der Waals surface area contributed by atoms with Crippen LogP contribution in [0.4, 0.5) is 16.2 Å². The van der Waals surface area contributed by atoms with Gasteiger partial charge in [0.25, 0.3) is 5.69 Å². The number of benzene rings is 1. The fourth-order valence-corrected chi connectivity index (χ4v) is 3.89. The van der Waals surface area contributed by atoms with Gasteiger partial charge < -0.3 is 15.1 Å². The second-order valence-electron chi connectivity index (χ2n) is 6.66. The molecular weight excluding hydrogens is 308 g/mol. The third kappa shape index (κ3) is 3.21. The topological polar surface area (TPSA) is 78.7 Å². The van der Waals surface area contributed by atoms with Gasteiger partial charge in [0.1, 0.15) is 0 Å². The van der Waals surface area contributed by atoms with E-state index >= 15 is 0 Å². The van der Waals surface area contributed by atoms with Crippen molar-refractivity contribution in [2.45, 2.75) is 45.2 Å². The number of nitro benzene ring substituents is 1. The molecule has 1 aromatic rings. The molecule has 0 aliphatic carbocycles. The Morgan fingerprint density at radius 3 is 2.75 bits per heavy atom. The second kappa shape index (κ2) is 6.76. The summed E-state index contributed by atoms with van der Waals surface area (Å²) in [5, 5.41) is 13.8. The van der Waals surface area contributed by atoms with Crippen molar-refractivity contribution in [3.05, 3.63) is 33.9 Å². The molecule has 2 bridgehead atoms. The van der Waals surface area contributed by atoms with Crippen molar-refractivity contribution in [2.75, 3.05) is 25.0 Å². The normalized spacial score (nSPS) is 23.8. The molecule has 1 aromatic carbocycles. The van der Waals surface area contributed by atoms with E-state index in [2.05, 4.69) is 17.1 Å². The smallest absolute Gasteiger partial charge is 0.317 e. The molecule has 0 aromatic heterocycles. The van der Waals surface area contributed by atoms with Crippen LogP contribution in [0.3, 0.4) is 0 Å². The zero-order valence-corrected chi connectivity index (χ0v) is 14.2. The summed E-state index contributed by atoms with van der Waals surface area (Å²) in [5.41, 5.74) is 1.23. The van der Waals surface area contributed by atoms with E-state index in [4.69, 9.17) is 0 Å². The Bertz CT molecular complexity index is 649. The summed E-state index contributed by atoms with van der Waals surface area (Å²) in [6, 6.07) is 5.17. The van der Waals surface area contributed by atoms with Gasteiger partial charge in [0.2, 0.25) is 0 Å². The van der Waals surface area contributed by atoms with Crippen LogP contribution in [0.25, 0.3) is 0 Å². The summed E-state index contributed by atoms with van der Waals surface area (Å²) >= 11 is 0. The third-order valence-electron chi connectivity index (χ3n) is 5.19. The van der Waals surface area contributed by atoms with E-state index < -0.39 is 4.92 Å². The van der Waals surface area contributed by atoms with Crippen LogP contribution >= 0.6 is 0 Å². The second-order valence-corrected chi connectivity index (χ2v) is 6.66. The van der Waals surface area contributed by atoms with Crippen LogP contribution in [-0.4, -0.2) is 52.5 Å². The Balaban J connectivity index is 1.73. The van der Waals surface area contributed by atoms with Crippen LogP contribution < -0.4 is 5.32 Å². The van der Waals surface area contributed by atoms with Crippen LogP contribution in [-0.2, 0) is 0 Å². The van der Waals surface area contributed by atoms with Gasteiger partial charge in [0, 0.05) is 42.5 Å². The van der Waals surface area contributed by atoms with Crippen molar-refractivity contribution < 1.29 is 9.72 Å². The molecular formula is C17H24N4O3. The zero-order chi connectivity index (χ0) is 17.3. The third-order valence-corrected chi connectivity index (χ3v) is 5.19. The number of likely N-dealkylation sites (tertiary alicyclic amines) is 1. The molecule has 2 amide bonds. The standard InChI is InChI=1S/C17H24N4O3/c1-3-19-9-8-14-5-6-15(11-19)20(14)17(22)18-13-4-7-16(21(23)24)12(2)10-13/h4,7,10,14-15H,3,5-6,8-9,11H2,1-2H3,(H,18,22). The van der Waals surface area contributed by atoms with Gasteiger partial charge in [0.15, 0.2) is 0 Å². The number of hydrogen-bond acceptors (Lipinski definition) is 4. The van der Waals surface area contributed by atoms with Crippen LogP contribution in [0.2, 0.25) is 0 Å². The van der Waals surface area contributed by atoms with Crippen molar-refractivity contribution in [2.24, 2.45) is 0 Å². The molecule has 2 saturated heterocycles. The minimum Gasteiger partial charge on any atom is -0.317 e. The predicted octanol–water partition coefficient (Wildman–Crippen LogP) is 2.99. The maximum atomic E-state index is 12.8. The lowest BCUT2D eigenvalue weighted by Gasteiger charge is -2.29. The van der Waals surface area contributed by atoms with Gasteiger partial charge in [-0.15, -0.1) is 0 Å². The number of nitro groups is 1. The molecule has 1 N–H and O–H groups in total. The van der Waals surface area contributed by atoms with Crippen LogP contribution in [0.5, 0.6) is 0 Å². The van der Waals surface area contributed by atoms with E-state index in [1.54, 1.807) is 19.1 Å². The maximum absolute atomic E-state index is 12.8. The molecule has 2 aliphatic heterocycles. The first-order valence-corrected chi connectivity index (χ1v) is 8.56. The Hall–Kier alpha value is -2.15. The number of carbonyl (C=O) groups excluding carboxylic acids is 1. The fraction of sp³-hybridized carbons (Fsp3) is 0.588. The quantitative estimate of drug-likeness (QED) is 0.682. The first-order valence-electron chi connectivity index (χ1n) is 8.56. The summed E-state index contributed by atoms with van der Waals surface area (Å²) < 4.78 is 0. The minimum atomic E-state index is -0.407. The summed E-state index contributed by atoms with van der Waals surface area (Å²) in [6.07, 6.45) is 3.12. The van der Waals surface area contributed by atoms with Gasteiger partial charge in [-0.25, -0.2) is 4.79 Å². The average molecular weight is 332 g/mol. The van der Waals surface area contributed by atoms with Crippen molar-refractivity contribution in [3.8, 4) is 0 Å². The zero-order valence-electron chi connectivity index (χ0n) is 14.2. The number of nitrogens with zero attached hydrogens (tertiary/aromatic N) is 3. The highest BCUT2D eigenvalue weighted by molar-refractivity contribution is 5.90. The highest BCUT2D eigenvalue weighted by atomic mass is 16.6. The number of likely N-dealkylation sites (N-methyl/N-ethyl adjacent to an activating group) is 1. The highest BCUT2D eigenvalue weighted by Crippen LogP contribution is 2.31. The fourth-order valence-electron chi connectivity index (χ4n) is 3.89. The van der Waals surface area contributed by atoms with Gasteiger partial charge in [-0.3, -0.25) is 10.1 Å². The number of urea groups is 1. The molecule has 3 rings (SSSR count). The number of amides is 2. The van der Waals surface area contributed by atoms with Crippen LogP contribution in [0.1, 0.15) is 31.7 Å². The molecule has 7 nitrogen and oxygen atoms in total. The Morgan fingerprint density at radius 1 is 1.33 bits per heavy atom.